The first kappa shape index (κ1) is 23.0. The van der Waals surface area contributed by atoms with E-state index in [2.05, 4.69) is 46.9 Å². The summed E-state index contributed by atoms with van der Waals surface area (Å²) in [4.78, 5) is 16.4. The standard InChI is InChI=1S/C21H28N4O.HI/c1-4-23-21(25-16(2)18-10-6-5-7-11-18)24-14-13-17-9-8-12-19(15-17)20(26)22-3;/h5-12,15-16H,4,13-14H2,1-3H3,(H,22,26)(H2,23,24,25);1H. The number of carbonyl (C=O) groups is 1. The van der Waals surface area contributed by atoms with E-state index < -0.39 is 0 Å². The highest BCUT2D eigenvalue weighted by molar-refractivity contribution is 14.0. The topological polar surface area (TPSA) is 65.5 Å². The van der Waals surface area contributed by atoms with Crippen molar-refractivity contribution in [1.29, 1.82) is 0 Å². The van der Waals surface area contributed by atoms with Gasteiger partial charge in [-0.3, -0.25) is 9.79 Å². The number of carbonyl (C=O) groups excluding carboxylic acids is 1. The smallest absolute Gasteiger partial charge is 0.251 e. The fraction of sp³-hybridized carbons (Fsp3) is 0.333. The molecule has 0 spiro atoms. The predicted molar refractivity (Wildman–Crippen MR) is 123 cm³/mol. The molecule has 0 aliphatic heterocycles. The van der Waals surface area contributed by atoms with E-state index in [4.69, 9.17) is 0 Å². The summed E-state index contributed by atoms with van der Waals surface area (Å²) in [7, 11) is 1.64. The van der Waals surface area contributed by atoms with E-state index in [0.717, 1.165) is 24.5 Å². The minimum Gasteiger partial charge on any atom is -0.357 e. The molecule has 27 heavy (non-hydrogen) atoms. The van der Waals surface area contributed by atoms with Gasteiger partial charge in [0, 0.05) is 25.7 Å². The molecule has 0 saturated carbocycles. The van der Waals surface area contributed by atoms with Crippen molar-refractivity contribution >= 4 is 35.8 Å². The molecule has 5 nitrogen and oxygen atoms in total. The molecule has 0 aliphatic carbocycles. The Labute approximate surface area is 179 Å². The maximum atomic E-state index is 11.7. The average molecular weight is 480 g/mol. The zero-order valence-corrected chi connectivity index (χ0v) is 18.5. The Morgan fingerprint density at radius 1 is 1.11 bits per heavy atom. The van der Waals surface area contributed by atoms with Gasteiger partial charge >= 0.3 is 0 Å². The lowest BCUT2D eigenvalue weighted by Gasteiger charge is -2.18. The number of nitrogens with one attached hydrogen (secondary N) is 3. The molecule has 6 heteroatoms. The second-order valence-electron chi connectivity index (χ2n) is 6.07. The van der Waals surface area contributed by atoms with Crippen LogP contribution in [0.15, 0.2) is 59.6 Å². The van der Waals surface area contributed by atoms with E-state index in [9.17, 15) is 4.79 Å². The molecule has 0 radical (unpaired) electrons. The lowest BCUT2D eigenvalue weighted by atomic mass is 10.1. The molecule has 0 aromatic heterocycles. The SMILES string of the molecule is CCNC(=NCCc1cccc(C(=O)NC)c1)NC(C)c1ccccc1.I. The number of guanidine groups is 1. The summed E-state index contributed by atoms with van der Waals surface area (Å²) in [6.07, 6.45) is 0.779. The van der Waals surface area contributed by atoms with Crippen LogP contribution in [0.25, 0.3) is 0 Å². The molecule has 2 aromatic rings. The zero-order chi connectivity index (χ0) is 18.8. The number of benzene rings is 2. The minimum atomic E-state index is -0.0676. The Morgan fingerprint density at radius 2 is 1.85 bits per heavy atom. The summed E-state index contributed by atoms with van der Waals surface area (Å²) in [5.41, 5.74) is 3.00. The molecule has 2 rings (SSSR count). The van der Waals surface area contributed by atoms with Crippen molar-refractivity contribution in [3.05, 3.63) is 71.3 Å². The Bertz CT molecular complexity index is 734. The first-order valence-corrected chi connectivity index (χ1v) is 9.04. The van der Waals surface area contributed by atoms with Crippen molar-refractivity contribution in [1.82, 2.24) is 16.0 Å². The van der Waals surface area contributed by atoms with Gasteiger partial charge in [-0.15, -0.1) is 24.0 Å². The van der Waals surface area contributed by atoms with E-state index >= 15 is 0 Å². The van der Waals surface area contributed by atoms with Gasteiger partial charge in [-0.1, -0.05) is 42.5 Å². The number of nitrogens with zero attached hydrogens (tertiary/aromatic N) is 1. The van der Waals surface area contributed by atoms with E-state index in [1.807, 2.05) is 42.5 Å². The van der Waals surface area contributed by atoms with Crippen molar-refractivity contribution in [3.8, 4) is 0 Å². The summed E-state index contributed by atoms with van der Waals surface area (Å²) in [5.74, 6) is 0.730. The van der Waals surface area contributed by atoms with Crippen molar-refractivity contribution < 1.29 is 4.79 Å². The monoisotopic (exact) mass is 480 g/mol. The first-order valence-electron chi connectivity index (χ1n) is 9.04. The van der Waals surface area contributed by atoms with Crippen LogP contribution in [0.2, 0.25) is 0 Å². The number of hydrogen-bond acceptors (Lipinski definition) is 2. The van der Waals surface area contributed by atoms with Crippen LogP contribution in [0.3, 0.4) is 0 Å². The summed E-state index contributed by atoms with van der Waals surface area (Å²) >= 11 is 0. The number of hydrogen-bond donors (Lipinski definition) is 3. The van der Waals surface area contributed by atoms with Crippen molar-refractivity contribution in [2.24, 2.45) is 4.99 Å². The third-order valence-corrected chi connectivity index (χ3v) is 4.08. The van der Waals surface area contributed by atoms with Gasteiger partial charge < -0.3 is 16.0 Å². The van der Waals surface area contributed by atoms with Crippen molar-refractivity contribution in [2.45, 2.75) is 26.3 Å². The number of aliphatic imine (C=N–C) groups is 1. The fourth-order valence-electron chi connectivity index (χ4n) is 2.66. The van der Waals surface area contributed by atoms with Crippen LogP contribution in [0.1, 0.15) is 41.4 Å². The molecule has 0 aliphatic rings. The normalized spacial score (nSPS) is 11.9. The number of halogens is 1. The van der Waals surface area contributed by atoms with Crippen LogP contribution in [-0.4, -0.2) is 32.0 Å². The Balaban J connectivity index is 0.00000364. The molecule has 1 atom stereocenters. The Kier molecular flexibility index (Phi) is 10.5. The average Bonchev–Trinajstić information content (AvgIpc) is 2.68. The van der Waals surface area contributed by atoms with Crippen LogP contribution >= 0.6 is 24.0 Å². The molecule has 0 bridgehead atoms. The molecule has 0 fully saturated rings. The van der Waals surface area contributed by atoms with Gasteiger partial charge in [0.2, 0.25) is 0 Å². The van der Waals surface area contributed by atoms with E-state index in [1.54, 1.807) is 7.05 Å². The lowest BCUT2D eigenvalue weighted by Crippen LogP contribution is -2.38. The van der Waals surface area contributed by atoms with Crippen LogP contribution in [0.4, 0.5) is 0 Å². The number of rotatable bonds is 7. The molecule has 0 heterocycles. The van der Waals surface area contributed by atoms with Crippen LogP contribution < -0.4 is 16.0 Å². The van der Waals surface area contributed by atoms with Gasteiger partial charge in [-0.25, -0.2) is 0 Å². The summed E-state index contributed by atoms with van der Waals surface area (Å²) in [6.45, 7) is 5.62. The van der Waals surface area contributed by atoms with Gasteiger partial charge in [-0.05, 0) is 43.5 Å². The van der Waals surface area contributed by atoms with Crippen molar-refractivity contribution in [3.63, 3.8) is 0 Å². The fourth-order valence-corrected chi connectivity index (χ4v) is 2.66. The molecule has 146 valence electrons. The maximum Gasteiger partial charge on any atom is 0.251 e. The number of amides is 1. The molecule has 1 unspecified atom stereocenters. The van der Waals surface area contributed by atoms with Gasteiger partial charge in [-0.2, -0.15) is 0 Å². The van der Waals surface area contributed by atoms with Crippen LogP contribution in [0.5, 0.6) is 0 Å². The predicted octanol–water partition coefficient (Wildman–Crippen LogP) is 3.52. The summed E-state index contributed by atoms with van der Waals surface area (Å²) in [5, 5.41) is 9.37. The molecular formula is C21H29IN4O. The zero-order valence-electron chi connectivity index (χ0n) is 16.2. The van der Waals surface area contributed by atoms with Gasteiger partial charge in [0.15, 0.2) is 5.96 Å². The third-order valence-electron chi connectivity index (χ3n) is 4.08. The highest BCUT2D eigenvalue weighted by Gasteiger charge is 2.07. The Hall–Kier alpha value is -2.09. The molecule has 0 saturated heterocycles. The van der Waals surface area contributed by atoms with Crippen LogP contribution in [0, 0.1) is 0 Å². The summed E-state index contributed by atoms with van der Waals surface area (Å²) < 4.78 is 0. The highest BCUT2D eigenvalue weighted by Crippen LogP contribution is 2.11. The highest BCUT2D eigenvalue weighted by atomic mass is 127. The second kappa shape index (κ2) is 12.3. The van der Waals surface area contributed by atoms with Crippen LogP contribution in [-0.2, 0) is 6.42 Å². The largest absolute Gasteiger partial charge is 0.357 e. The van der Waals surface area contributed by atoms with Crippen molar-refractivity contribution in [2.75, 3.05) is 20.1 Å². The van der Waals surface area contributed by atoms with Gasteiger partial charge in [0.1, 0.15) is 0 Å². The lowest BCUT2D eigenvalue weighted by molar-refractivity contribution is 0.0963. The van der Waals surface area contributed by atoms with E-state index in [1.165, 1.54) is 5.56 Å². The van der Waals surface area contributed by atoms with E-state index in [0.29, 0.717) is 12.1 Å². The molecule has 2 aromatic carbocycles. The van der Waals surface area contributed by atoms with Gasteiger partial charge in [0.05, 0.1) is 6.04 Å². The second-order valence-corrected chi connectivity index (χ2v) is 6.07. The molecule has 1 amide bonds. The van der Waals surface area contributed by atoms with Gasteiger partial charge in [0.25, 0.3) is 5.91 Å². The minimum absolute atomic E-state index is 0. The first-order chi connectivity index (χ1) is 12.6. The van der Waals surface area contributed by atoms with E-state index in [-0.39, 0.29) is 35.9 Å². The quantitative estimate of drug-likeness (QED) is 0.323. The maximum absolute atomic E-state index is 11.7. The Morgan fingerprint density at radius 3 is 2.52 bits per heavy atom. The summed E-state index contributed by atoms with van der Waals surface area (Å²) in [6, 6.07) is 18.1. The molecule has 3 N–H and O–H groups in total. The third kappa shape index (κ3) is 7.58. The molecular weight excluding hydrogens is 451 g/mol.